The van der Waals surface area contributed by atoms with Gasteiger partial charge in [0.1, 0.15) is 0 Å². The summed E-state index contributed by atoms with van der Waals surface area (Å²) in [5.41, 5.74) is 0. The lowest BCUT2D eigenvalue weighted by Crippen LogP contribution is -2.29. The Bertz CT molecular complexity index is 101. The van der Waals surface area contributed by atoms with Crippen LogP contribution in [0.1, 0.15) is 0 Å². The van der Waals surface area contributed by atoms with Gasteiger partial charge in [-0.25, -0.2) is 5.01 Å². The van der Waals surface area contributed by atoms with E-state index in [9.17, 15) is 0 Å². The second kappa shape index (κ2) is 2.42. The molecular weight excluding hydrogens is 120 g/mol. The van der Waals surface area contributed by atoms with Crippen molar-refractivity contribution < 1.29 is 0 Å². The maximum absolute atomic E-state index is 2.14. The molecule has 3 heteroatoms. The van der Waals surface area contributed by atoms with Gasteiger partial charge in [0.25, 0.3) is 0 Å². The van der Waals surface area contributed by atoms with E-state index in [-0.39, 0.29) is 0 Å². The first-order valence-electron chi connectivity index (χ1n) is 2.53. The van der Waals surface area contributed by atoms with Crippen molar-refractivity contribution in [3.05, 3.63) is 11.6 Å². The molecule has 0 atom stereocenters. The zero-order valence-corrected chi connectivity index (χ0v) is 5.98. The Morgan fingerprint density at radius 1 is 1.62 bits per heavy atom. The number of hydrogen-bond acceptors (Lipinski definition) is 3. The lowest BCUT2D eigenvalue weighted by molar-refractivity contribution is 0.111. The molecule has 0 unspecified atom stereocenters. The van der Waals surface area contributed by atoms with Crippen molar-refractivity contribution in [3.8, 4) is 0 Å². The predicted molar refractivity (Wildman–Crippen MR) is 37.1 cm³/mol. The van der Waals surface area contributed by atoms with E-state index < -0.39 is 0 Å². The molecule has 0 aromatic rings. The fourth-order valence-electron chi connectivity index (χ4n) is 0.525. The van der Waals surface area contributed by atoms with Gasteiger partial charge in [0.2, 0.25) is 0 Å². The van der Waals surface area contributed by atoms with Gasteiger partial charge in [0.15, 0.2) is 0 Å². The van der Waals surface area contributed by atoms with E-state index >= 15 is 0 Å². The highest BCUT2D eigenvalue weighted by molar-refractivity contribution is 8.02. The van der Waals surface area contributed by atoms with Crippen LogP contribution in [0.3, 0.4) is 0 Å². The molecule has 0 radical (unpaired) electrons. The van der Waals surface area contributed by atoms with E-state index in [0.29, 0.717) is 0 Å². The Kier molecular flexibility index (Phi) is 1.81. The minimum atomic E-state index is 1.06. The Morgan fingerprint density at radius 2 is 2.38 bits per heavy atom. The molecular formula is C5H10N2S. The molecule has 1 aliphatic rings. The van der Waals surface area contributed by atoms with Crippen LogP contribution in [0, 0.1) is 0 Å². The first kappa shape index (κ1) is 5.98. The molecule has 0 spiro atoms. The zero-order valence-electron chi connectivity index (χ0n) is 5.16. The Morgan fingerprint density at radius 3 is 2.62 bits per heavy atom. The number of nitrogens with zero attached hydrogens (tertiary/aromatic N) is 2. The van der Waals surface area contributed by atoms with Crippen LogP contribution in [0.15, 0.2) is 11.6 Å². The van der Waals surface area contributed by atoms with E-state index in [1.807, 2.05) is 25.9 Å². The second-order valence-corrected chi connectivity index (χ2v) is 2.73. The monoisotopic (exact) mass is 130 g/mol. The SMILES string of the molecule is CN(C)N1C=CSC1. The van der Waals surface area contributed by atoms with E-state index in [2.05, 4.69) is 21.6 Å². The smallest absolute Gasteiger partial charge is 0.0835 e. The molecule has 0 saturated heterocycles. The van der Waals surface area contributed by atoms with Crippen molar-refractivity contribution in [2.75, 3.05) is 20.0 Å². The largest absolute Gasteiger partial charge is 0.303 e. The summed E-state index contributed by atoms with van der Waals surface area (Å²) in [4.78, 5) is 0. The van der Waals surface area contributed by atoms with Crippen LogP contribution in [0.4, 0.5) is 0 Å². The molecule has 0 aliphatic carbocycles. The van der Waals surface area contributed by atoms with Crippen molar-refractivity contribution in [3.63, 3.8) is 0 Å². The average molecular weight is 130 g/mol. The molecule has 0 fully saturated rings. The lowest BCUT2D eigenvalue weighted by atomic mass is 10.9. The summed E-state index contributed by atoms with van der Waals surface area (Å²) in [6.07, 6.45) is 2.07. The summed E-state index contributed by atoms with van der Waals surface area (Å²) in [6.45, 7) is 0. The molecule has 1 heterocycles. The van der Waals surface area contributed by atoms with Gasteiger partial charge >= 0.3 is 0 Å². The average Bonchev–Trinajstić information content (AvgIpc) is 2.12. The van der Waals surface area contributed by atoms with Crippen LogP contribution in [-0.4, -0.2) is 30.0 Å². The van der Waals surface area contributed by atoms with Crippen LogP contribution in [0.25, 0.3) is 0 Å². The summed E-state index contributed by atoms with van der Waals surface area (Å²) in [7, 11) is 4.08. The van der Waals surface area contributed by atoms with Crippen LogP contribution in [-0.2, 0) is 0 Å². The minimum absolute atomic E-state index is 1.06. The quantitative estimate of drug-likeness (QED) is 0.521. The van der Waals surface area contributed by atoms with Gasteiger partial charge in [-0.1, -0.05) is 0 Å². The maximum atomic E-state index is 2.14. The summed E-state index contributed by atoms with van der Waals surface area (Å²) in [5.74, 6) is 1.06. The van der Waals surface area contributed by atoms with Crippen molar-refractivity contribution in [1.82, 2.24) is 10.0 Å². The molecule has 0 bridgehead atoms. The Labute approximate surface area is 54.1 Å². The third kappa shape index (κ3) is 1.17. The van der Waals surface area contributed by atoms with Crippen molar-refractivity contribution in [2.45, 2.75) is 0 Å². The number of hydrazine groups is 1. The first-order valence-corrected chi connectivity index (χ1v) is 3.58. The molecule has 0 aromatic carbocycles. The molecule has 0 saturated carbocycles. The Balaban J connectivity index is 2.36. The van der Waals surface area contributed by atoms with Gasteiger partial charge in [0, 0.05) is 20.3 Å². The normalized spacial score (nSPS) is 18.6. The van der Waals surface area contributed by atoms with Crippen LogP contribution in [0.2, 0.25) is 0 Å². The standard InChI is InChI=1S/C5H10N2S/c1-6(2)7-3-4-8-5-7/h3-4H,5H2,1-2H3. The highest BCUT2D eigenvalue weighted by atomic mass is 32.2. The van der Waals surface area contributed by atoms with Crippen molar-refractivity contribution in [2.24, 2.45) is 0 Å². The van der Waals surface area contributed by atoms with Crippen molar-refractivity contribution in [1.29, 1.82) is 0 Å². The van der Waals surface area contributed by atoms with E-state index in [1.165, 1.54) is 0 Å². The molecule has 0 amide bonds. The molecule has 0 N–H and O–H groups in total. The molecule has 46 valence electrons. The van der Waals surface area contributed by atoms with Crippen LogP contribution < -0.4 is 0 Å². The summed E-state index contributed by atoms with van der Waals surface area (Å²) < 4.78 is 0. The fraction of sp³-hybridized carbons (Fsp3) is 0.600. The zero-order chi connectivity index (χ0) is 5.98. The first-order chi connectivity index (χ1) is 3.80. The highest BCUT2D eigenvalue weighted by Gasteiger charge is 2.04. The maximum Gasteiger partial charge on any atom is 0.0835 e. The number of rotatable bonds is 1. The summed E-state index contributed by atoms with van der Waals surface area (Å²) in [6, 6.07) is 0. The molecule has 1 rings (SSSR count). The molecule has 1 aliphatic heterocycles. The highest BCUT2D eigenvalue weighted by Crippen LogP contribution is 2.14. The summed E-state index contributed by atoms with van der Waals surface area (Å²) in [5, 5.41) is 6.31. The lowest BCUT2D eigenvalue weighted by Gasteiger charge is -2.22. The van der Waals surface area contributed by atoms with E-state index in [0.717, 1.165) is 5.88 Å². The number of thioether (sulfide) groups is 1. The van der Waals surface area contributed by atoms with Gasteiger partial charge in [-0.15, -0.1) is 11.8 Å². The van der Waals surface area contributed by atoms with E-state index in [1.54, 1.807) is 0 Å². The Hall–Kier alpha value is -0.150. The molecule has 2 nitrogen and oxygen atoms in total. The molecule has 0 aromatic heterocycles. The van der Waals surface area contributed by atoms with Crippen LogP contribution >= 0.6 is 11.8 Å². The van der Waals surface area contributed by atoms with Gasteiger partial charge < -0.3 is 5.01 Å². The summed E-state index contributed by atoms with van der Waals surface area (Å²) >= 11 is 1.81. The third-order valence-electron chi connectivity index (χ3n) is 1.05. The van der Waals surface area contributed by atoms with Crippen molar-refractivity contribution >= 4 is 11.8 Å². The van der Waals surface area contributed by atoms with Crippen LogP contribution in [0.5, 0.6) is 0 Å². The van der Waals surface area contributed by atoms with Gasteiger partial charge in [-0.3, -0.25) is 0 Å². The number of hydrogen-bond donors (Lipinski definition) is 0. The van der Waals surface area contributed by atoms with Gasteiger partial charge in [0.05, 0.1) is 5.88 Å². The van der Waals surface area contributed by atoms with E-state index in [4.69, 9.17) is 0 Å². The molecule has 8 heavy (non-hydrogen) atoms. The fourth-order valence-corrected chi connectivity index (χ4v) is 1.31. The minimum Gasteiger partial charge on any atom is -0.303 e. The third-order valence-corrected chi connectivity index (χ3v) is 1.78. The van der Waals surface area contributed by atoms with Gasteiger partial charge in [-0.05, 0) is 5.41 Å². The topological polar surface area (TPSA) is 6.48 Å². The second-order valence-electron chi connectivity index (χ2n) is 1.87. The predicted octanol–water partition coefficient (Wildman–Crippen LogP) is 0.941. The van der Waals surface area contributed by atoms with Gasteiger partial charge in [-0.2, -0.15) is 0 Å².